The first-order valence-electron chi connectivity index (χ1n) is 9.34. The number of Topliss-reactive ketones (excluding diaryl/α,β-unsaturated/α-hetero) is 1. The number of benzene rings is 2. The maximum Gasteiger partial charge on any atom is 0.269 e. The predicted molar refractivity (Wildman–Crippen MR) is 107 cm³/mol. The molecule has 1 heterocycles. The average Bonchev–Trinajstić information content (AvgIpc) is 3.11. The zero-order chi connectivity index (χ0) is 20.6. The van der Waals surface area contributed by atoms with Gasteiger partial charge in [0.05, 0.1) is 5.69 Å². The van der Waals surface area contributed by atoms with E-state index < -0.39 is 11.5 Å². The second-order valence-electron chi connectivity index (χ2n) is 7.05. The van der Waals surface area contributed by atoms with Crippen molar-refractivity contribution in [1.82, 2.24) is 4.57 Å². The standard InChI is InChI=1S/C23H19N3O3/c24-14-23(29,22(25)28)20-19-17(12-7-13-18(19)27)26(16-10-5-2-6-11-16)21(20)15-8-3-1-4-9-15/h1-6,8-11,29H,7,12-13H2,(H2,25,28). The van der Waals surface area contributed by atoms with E-state index in [-0.39, 0.29) is 23.3 Å². The topological polar surface area (TPSA) is 109 Å². The minimum Gasteiger partial charge on any atom is -0.366 e. The highest BCUT2D eigenvalue weighted by molar-refractivity contribution is 6.05. The van der Waals surface area contributed by atoms with Crippen molar-refractivity contribution in [3.8, 4) is 23.0 Å². The fourth-order valence-electron chi connectivity index (χ4n) is 4.02. The molecule has 0 aliphatic heterocycles. The number of rotatable bonds is 4. The van der Waals surface area contributed by atoms with E-state index in [2.05, 4.69) is 0 Å². The van der Waals surface area contributed by atoms with Crippen LogP contribution in [0.25, 0.3) is 16.9 Å². The van der Waals surface area contributed by atoms with Gasteiger partial charge in [0.2, 0.25) is 0 Å². The molecule has 4 rings (SSSR count). The summed E-state index contributed by atoms with van der Waals surface area (Å²) in [6.07, 6.45) is 1.52. The second kappa shape index (κ2) is 7.04. The second-order valence-corrected chi connectivity index (χ2v) is 7.05. The van der Waals surface area contributed by atoms with Gasteiger partial charge < -0.3 is 15.4 Å². The van der Waals surface area contributed by atoms with Crippen LogP contribution < -0.4 is 5.73 Å². The zero-order valence-electron chi connectivity index (χ0n) is 15.6. The summed E-state index contributed by atoms with van der Waals surface area (Å²) in [6.45, 7) is 0. The summed E-state index contributed by atoms with van der Waals surface area (Å²) in [5, 5.41) is 20.8. The summed E-state index contributed by atoms with van der Waals surface area (Å²) in [5.41, 5.74) is 5.58. The van der Waals surface area contributed by atoms with Gasteiger partial charge >= 0.3 is 0 Å². The van der Waals surface area contributed by atoms with Crippen molar-refractivity contribution in [2.24, 2.45) is 5.73 Å². The van der Waals surface area contributed by atoms with Crippen LogP contribution in [-0.2, 0) is 16.8 Å². The molecular weight excluding hydrogens is 366 g/mol. The first-order valence-corrected chi connectivity index (χ1v) is 9.34. The van der Waals surface area contributed by atoms with Gasteiger partial charge in [-0.25, -0.2) is 0 Å². The van der Waals surface area contributed by atoms with E-state index in [1.807, 2.05) is 65.2 Å². The highest BCUT2D eigenvalue weighted by atomic mass is 16.3. The number of hydrogen-bond donors (Lipinski definition) is 2. The van der Waals surface area contributed by atoms with E-state index in [9.17, 15) is 20.0 Å². The third-order valence-corrected chi connectivity index (χ3v) is 5.31. The molecule has 3 N–H and O–H groups in total. The van der Waals surface area contributed by atoms with E-state index >= 15 is 0 Å². The Labute approximate surface area is 167 Å². The van der Waals surface area contributed by atoms with Gasteiger partial charge in [-0.2, -0.15) is 5.26 Å². The Bertz CT molecular complexity index is 1140. The molecular formula is C23H19N3O3. The monoisotopic (exact) mass is 385 g/mol. The number of nitrogens with two attached hydrogens (primary N) is 1. The van der Waals surface area contributed by atoms with Crippen LogP contribution >= 0.6 is 0 Å². The molecule has 0 bridgehead atoms. The van der Waals surface area contributed by atoms with Crippen molar-refractivity contribution < 1.29 is 14.7 Å². The first kappa shape index (κ1) is 18.7. The lowest BCUT2D eigenvalue weighted by molar-refractivity contribution is -0.131. The Hall–Kier alpha value is -3.69. The van der Waals surface area contributed by atoms with Gasteiger partial charge in [0, 0.05) is 28.9 Å². The van der Waals surface area contributed by atoms with Gasteiger partial charge in [0.15, 0.2) is 5.78 Å². The van der Waals surface area contributed by atoms with Crippen LogP contribution in [0.3, 0.4) is 0 Å². The Balaban J connectivity index is 2.21. The fraction of sp³-hybridized carbons (Fsp3) is 0.174. The Kier molecular flexibility index (Phi) is 4.53. The number of carbonyl (C=O) groups is 2. The molecule has 1 atom stereocenters. The lowest BCUT2D eigenvalue weighted by Gasteiger charge is -2.20. The van der Waals surface area contributed by atoms with E-state index in [0.717, 1.165) is 5.69 Å². The first-order chi connectivity index (χ1) is 14.0. The number of nitrogens with zero attached hydrogens (tertiary/aromatic N) is 2. The number of carbonyl (C=O) groups excluding carboxylic acids is 2. The summed E-state index contributed by atoms with van der Waals surface area (Å²) >= 11 is 0. The predicted octanol–water partition coefficient (Wildman–Crippen LogP) is 2.86. The van der Waals surface area contributed by atoms with Crippen molar-refractivity contribution in [3.63, 3.8) is 0 Å². The third kappa shape index (κ3) is 2.84. The minimum atomic E-state index is -2.62. The SMILES string of the molecule is N#CC(O)(C(N)=O)c1c2c(n(-c3ccccc3)c1-c1ccccc1)CCCC2=O. The van der Waals surface area contributed by atoms with Crippen LogP contribution in [0.2, 0.25) is 0 Å². The summed E-state index contributed by atoms with van der Waals surface area (Å²) in [5.74, 6) is -1.41. The summed E-state index contributed by atoms with van der Waals surface area (Å²) < 4.78 is 1.86. The average molecular weight is 385 g/mol. The highest BCUT2D eigenvalue weighted by Gasteiger charge is 2.46. The molecule has 2 aromatic carbocycles. The molecule has 1 aromatic heterocycles. The molecule has 144 valence electrons. The number of para-hydroxylation sites is 1. The Morgan fingerprint density at radius 1 is 1.07 bits per heavy atom. The van der Waals surface area contributed by atoms with Crippen LogP contribution in [0, 0.1) is 11.3 Å². The maximum atomic E-state index is 12.9. The van der Waals surface area contributed by atoms with Crippen molar-refractivity contribution in [2.45, 2.75) is 24.9 Å². The molecule has 0 saturated carbocycles. The molecule has 0 spiro atoms. The number of fused-ring (bicyclic) bond motifs is 1. The van der Waals surface area contributed by atoms with E-state index in [1.165, 1.54) is 0 Å². The molecule has 0 saturated heterocycles. The van der Waals surface area contributed by atoms with Gasteiger partial charge in [-0.05, 0) is 30.5 Å². The summed E-state index contributed by atoms with van der Waals surface area (Å²) in [6, 6.07) is 20.1. The largest absolute Gasteiger partial charge is 0.366 e. The lowest BCUT2D eigenvalue weighted by Crippen LogP contribution is -2.41. The molecule has 0 radical (unpaired) electrons. The normalized spacial score (nSPS) is 15.2. The quantitative estimate of drug-likeness (QED) is 0.673. The molecule has 0 fully saturated rings. The van der Waals surface area contributed by atoms with Crippen molar-refractivity contribution >= 4 is 11.7 Å². The molecule has 3 aromatic rings. The maximum absolute atomic E-state index is 12.9. The number of nitriles is 1. The molecule has 1 aliphatic carbocycles. The van der Waals surface area contributed by atoms with Crippen LogP contribution in [0.5, 0.6) is 0 Å². The van der Waals surface area contributed by atoms with E-state index in [0.29, 0.717) is 29.8 Å². The summed E-state index contributed by atoms with van der Waals surface area (Å²) in [7, 11) is 0. The van der Waals surface area contributed by atoms with Gasteiger partial charge in [0.1, 0.15) is 6.07 Å². The number of hydrogen-bond acceptors (Lipinski definition) is 4. The number of primary amides is 1. The molecule has 29 heavy (non-hydrogen) atoms. The highest BCUT2D eigenvalue weighted by Crippen LogP contribution is 2.43. The van der Waals surface area contributed by atoms with E-state index in [4.69, 9.17) is 5.73 Å². The van der Waals surface area contributed by atoms with Gasteiger partial charge in [-0.15, -0.1) is 0 Å². The van der Waals surface area contributed by atoms with Gasteiger partial charge in [-0.1, -0.05) is 48.5 Å². The van der Waals surface area contributed by atoms with Crippen molar-refractivity contribution in [2.75, 3.05) is 0 Å². The smallest absolute Gasteiger partial charge is 0.269 e. The van der Waals surface area contributed by atoms with Crippen LogP contribution in [-0.4, -0.2) is 21.4 Å². The van der Waals surface area contributed by atoms with Gasteiger partial charge in [-0.3, -0.25) is 9.59 Å². The van der Waals surface area contributed by atoms with Crippen LogP contribution in [0.4, 0.5) is 0 Å². The number of aromatic nitrogens is 1. The number of aliphatic hydroxyl groups is 1. The van der Waals surface area contributed by atoms with Crippen LogP contribution in [0.15, 0.2) is 60.7 Å². The van der Waals surface area contributed by atoms with Crippen LogP contribution in [0.1, 0.15) is 34.5 Å². The van der Waals surface area contributed by atoms with Gasteiger partial charge in [0.25, 0.3) is 11.5 Å². The fourth-order valence-corrected chi connectivity index (χ4v) is 4.02. The molecule has 1 aliphatic rings. The molecule has 6 heteroatoms. The molecule has 6 nitrogen and oxygen atoms in total. The Morgan fingerprint density at radius 2 is 1.69 bits per heavy atom. The minimum absolute atomic E-state index is 0.0257. The van der Waals surface area contributed by atoms with Crippen molar-refractivity contribution in [3.05, 3.63) is 77.5 Å². The lowest BCUT2D eigenvalue weighted by atomic mass is 9.84. The van der Waals surface area contributed by atoms with E-state index in [1.54, 1.807) is 6.07 Å². The molecule has 1 unspecified atom stereocenters. The number of ketones is 1. The Morgan fingerprint density at radius 3 is 2.28 bits per heavy atom. The van der Waals surface area contributed by atoms with Crippen molar-refractivity contribution in [1.29, 1.82) is 5.26 Å². The zero-order valence-corrected chi connectivity index (χ0v) is 15.6. The molecule has 1 amide bonds. The number of amides is 1. The summed E-state index contributed by atoms with van der Waals surface area (Å²) in [4.78, 5) is 25.1. The third-order valence-electron chi connectivity index (χ3n) is 5.31.